The van der Waals surface area contributed by atoms with Crippen molar-refractivity contribution in [1.29, 1.82) is 0 Å². The molecule has 1 aliphatic rings. The fourth-order valence-corrected chi connectivity index (χ4v) is 2.93. The first kappa shape index (κ1) is 18.9. The minimum atomic E-state index is -0.129. The molecule has 0 saturated carbocycles. The van der Waals surface area contributed by atoms with Crippen LogP contribution >= 0.6 is 0 Å². The molecule has 1 rings (SSSR count). The maximum atomic E-state index is 9.94. The average Bonchev–Trinajstić information content (AvgIpc) is 2.99. The lowest BCUT2D eigenvalue weighted by Crippen LogP contribution is -2.11. The van der Waals surface area contributed by atoms with Gasteiger partial charge in [-0.3, -0.25) is 0 Å². The van der Waals surface area contributed by atoms with E-state index in [0.29, 0.717) is 0 Å². The Hall–Kier alpha value is -0.120. The van der Waals surface area contributed by atoms with Crippen molar-refractivity contribution < 1.29 is 14.6 Å². The van der Waals surface area contributed by atoms with Crippen LogP contribution in [0.3, 0.4) is 0 Å². The predicted octanol–water partition coefficient (Wildman–Crippen LogP) is 4.81. The van der Waals surface area contributed by atoms with Gasteiger partial charge in [0.25, 0.3) is 0 Å². The molecule has 0 aliphatic carbocycles. The first-order valence-electron chi connectivity index (χ1n) is 9.24. The van der Waals surface area contributed by atoms with Crippen LogP contribution < -0.4 is 0 Å². The molecule has 0 aromatic heterocycles. The molecule has 0 aromatic carbocycles. The van der Waals surface area contributed by atoms with Crippen LogP contribution in [0.4, 0.5) is 0 Å². The van der Waals surface area contributed by atoms with E-state index < -0.39 is 0 Å². The summed E-state index contributed by atoms with van der Waals surface area (Å²) >= 11 is 0. The molecule has 3 nitrogen and oxygen atoms in total. The molecule has 1 saturated heterocycles. The van der Waals surface area contributed by atoms with Gasteiger partial charge in [-0.2, -0.15) is 0 Å². The normalized spacial score (nSPS) is 17.4. The van der Waals surface area contributed by atoms with Gasteiger partial charge in [0.1, 0.15) is 0 Å². The van der Waals surface area contributed by atoms with Gasteiger partial charge < -0.3 is 14.6 Å². The number of aliphatic hydroxyl groups excluding tert-OH is 1. The molecule has 1 atom stereocenters. The van der Waals surface area contributed by atoms with Gasteiger partial charge in [-0.25, -0.2) is 0 Å². The third-order valence-electron chi connectivity index (χ3n) is 4.31. The van der Waals surface area contributed by atoms with Crippen LogP contribution in [-0.4, -0.2) is 30.7 Å². The summed E-state index contributed by atoms with van der Waals surface area (Å²) in [5, 5.41) is 9.94. The van der Waals surface area contributed by atoms with Crippen LogP contribution in [-0.2, 0) is 9.47 Å². The van der Waals surface area contributed by atoms with Gasteiger partial charge in [0, 0.05) is 0 Å². The van der Waals surface area contributed by atoms with E-state index in [9.17, 15) is 5.11 Å². The van der Waals surface area contributed by atoms with Gasteiger partial charge in [-0.15, -0.1) is 0 Å². The fourth-order valence-electron chi connectivity index (χ4n) is 2.93. The van der Waals surface area contributed by atoms with E-state index in [1.165, 1.54) is 57.8 Å². The standard InChI is InChI=1S/C18H36O3/c1-2-3-4-5-6-7-8-9-10-12-17(19)13-11-14-18-20-15-16-21-18/h17-19H,2-16H2,1H3/t17-/m0/s1. The zero-order valence-electron chi connectivity index (χ0n) is 14.0. The highest BCUT2D eigenvalue weighted by molar-refractivity contribution is 4.59. The second-order valence-electron chi connectivity index (χ2n) is 6.37. The number of aliphatic hydroxyl groups is 1. The minimum Gasteiger partial charge on any atom is -0.393 e. The van der Waals surface area contributed by atoms with Crippen molar-refractivity contribution in [1.82, 2.24) is 0 Å². The third kappa shape index (κ3) is 11.1. The summed E-state index contributed by atoms with van der Waals surface area (Å²) in [6, 6.07) is 0. The summed E-state index contributed by atoms with van der Waals surface area (Å²) in [5.74, 6) is 0. The highest BCUT2D eigenvalue weighted by Crippen LogP contribution is 2.16. The molecule has 0 aromatic rings. The monoisotopic (exact) mass is 300 g/mol. The molecule has 0 amide bonds. The second kappa shape index (κ2) is 13.5. The van der Waals surface area contributed by atoms with Crippen LogP contribution in [0.25, 0.3) is 0 Å². The molecule has 1 N–H and O–H groups in total. The quantitative estimate of drug-likeness (QED) is 0.468. The molecule has 1 heterocycles. The van der Waals surface area contributed by atoms with Crippen LogP contribution in [0.2, 0.25) is 0 Å². The molecule has 21 heavy (non-hydrogen) atoms. The number of ether oxygens (including phenoxy) is 2. The lowest BCUT2D eigenvalue weighted by atomic mass is 10.0. The molecule has 0 spiro atoms. The van der Waals surface area contributed by atoms with Crippen molar-refractivity contribution in [2.24, 2.45) is 0 Å². The SMILES string of the molecule is CCCCCCCCCCC[C@H](O)CCCC1OCCO1. The molecular formula is C18H36O3. The van der Waals surface area contributed by atoms with Gasteiger partial charge in [-0.05, 0) is 25.7 Å². The summed E-state index contributed by atoms with van der Waals surface area (Å²) in [5.41, 5.74) is 0. The van der Waals surface area contributed by atoms with Crippen LogP contribution in [0.1, 0.15) is 90.4 Å². The van der Waals surface area contributed by atoms with Crippen molar-refractivity contribution >= 4 is 0 Å². The van der Waals surface area contributed by atoms with E-state index in [-0.39, 0.29) is 12.4 Å². The lowest BCUT2D eigenvalue weighted by Gasteiger charge is -2.12. The molecule has 0 radical (unpaired) electrons. The minimum absolute atomic E-state index is 0.00934. The predicted molar refractivity (Wildman–Crippen MR) is 87.4 cm³/mol. The largest absolute Gasteiger partial charge is 0.393 e. The lowest BCUT2D eigenvalue weighted by molar-refractivity contribution is -0.0494. The fraction of sp³-hybridized carbons (Fsp3) is 1.00. The Morgan fingerprint density at radius 3 is 1.95 bits per heavy atom. The Morgan fingerprint density at radius 2 is 1.33 bits per heavy atom. The molecular weight excluding hydrogens is 264 g/mol. The van der Waals surface area contributed by atoms with Gasteiger partial charge in [-0.1, -0.05) is 64.7 Å². The zero-order chi connectivity index (χ0) is 15.2. The number of unbranched alkanes of at least 4 members (excludes halogenated alkanes) is 8. The maximum absolute atomic E-state index is 9.94. The van der Waals surface area contributed by atoms with E-state index in [1.54, 1.807) is 0 Å². The summed E-state index contributed by atoms with van der Waals surface area (Å²) < 4.78 is 10.8. The molecule has 1 aliphatic heterocycles. The van der Waals surface area contributed by atoms with Crippen LogP contribution in [0, 0.1) is 0 Å². The first-order valence-corrected chi connectivity index (χ1v) is 9.24. The summed E-state index contributed by atoms with van der Waals surface area (Å²) in [4.78, 5) is 0. The van der Waals surface area contributed by atoms with Crippen molar-refractivity contribution in [2.45, 2.75) is 103 Å². The molecule has 0 unspecified atom stereocenters. The smallest absolute Gasteiger partial charge is 0.157 e. The van der Waals surface area contributed by atoms with Crippen molar-refractivity contribution in [3.05, 3.63) is 0 Å². The Bertz CT molecular complexity index is 215. The van der Waals surface area contributed by atoms with Gasteiger partial charge in [0.15, 0.2) is 6.29 Å². The zero-order valence-corrected chi connectivity index (χ0v) is 14.0. The Kier molecular flexibility index (Phi) is 12.2. The molecule has 0 bridgehead atoms. The summed E-state index contributed by atoms with van der Waals surface area (Å²) in [6.45, 7) is 3.72. The van der Waals surface area contributed by atoms with E-state index in [0.717, 1.165) is 38.9 Å². The van der Waals surface area contributed by atoms with Crippen molar-refractivity contribution in [3.8, 4) is 0 Å². The molecule has 1 fully saturated rings. The van der Waals surface area contributed by atoms with E-state index in [2.05, 4.69) is 6.92 Å². The Balaban J connectivity index is 1.77. The highest BCUT2D eigenvalue weighted by atomic mass is 16.7. The summed E-state index contributed by atoms with van der Waals surface area (Å²) in [6.07, 6.45) is 15.7. The van der Waals surface area contributed by atoms with E-state index >= 15 is 0 Å². The third-order valence-corrected chi connectivity index (χ3v) is 4.31. The number of rotatable bonds is 14. The molecule has 3 heteroatoms. The average molecular weight is 300 g/mol. The summed E-state index contributed by atoms with van der Waals surface area (Å²) in [7, 11) is 0. The number of hydrogen-bond acceptors (Lipinski definition) is 3. The van der Waals surface area contributed by atoms with Crippen molar-refractivity contribution in [3.63, 3.8) is 0 Å². The Morgan fingerprint density at radius 1 is 0.810 bits per heavy atom. The highest BCUT2D eigenvalue weighted by Gasteiger charge is 2.15. The van der Waals surface area contributed by atoms with Gasteiger partial charge in [0.05, 0.1) is 19.3 Å². The Labute approximate surface area is 131 Å². The van der Waals surface area contributed by atoms with Gasteiger partial charge in [0.2, 0.25) is 0 Å². The molecule has 126 valence electrons. The first-order chi connectivity index (χ1) is 10.3. The maximum Gasteiger partial charge on any atom is 0.157 e. The van der Waals surface area contributed by atoms with Crippen LogP contribution in [0.5, 0.6) is 0 Å². The van der Waals surface area contributed by atoms with E-state index in [4.69, 9.17) is 9.47 Å². The topological polar surface area (TPSA) is 38.7 Å². The van der Waals surface area contributed by atoms with Gasteiger partial charge >= 0.3 is 0 Å². The second-order valence-corrected chi connectivity index (χ2v) is 6.37. The van der Waals surface area contributed by atoms with Crippen LogP contribution in [0.15, 0.2) is 0 Å². The van der Waals surface area contributed by atoms with Crippen molar-refractivity contribution in [2.75, 3.05) is 13.2 Å². The number of hydrogen-bond donors (Lipinski definition) is 1. The van der Waals surface area contributed by atoms with E-state index in [1.807, 2.05) is 0 Å².